The predicted molar refractivity (Wildman–Crippen MR) is 118 cm³/mol. The average molecular weight is 447 g/mol. The molecule has 2 aliphatic rings. The molecule has 2 aromatic carbocycles. The topological polar surface area (TPSA) is 70.1 Å². The van der Waals surface area contributed by atoms with Crippen LogP contribution in [0.15, 0.2) is 53.9 Å². The fourth-order valence-corrected chi connectivity index (χ4v) is 6.32. The van der Waals surface area contributed by atoms with Crippen molar-refractivity contribution in [3.63, 3.8) is 0 Å². The Morgan fingerprint density at radius 2 is 2.06 bits per heavy atom. The molecule has 0 bridgehead atoms. The highest BCUT2D eigenvalue weighted by Gasteiger charge is 2.49. The molecule has 31 heavy (non-hydrogen) atoms. The van der Waals surface area contributed by atoms with Crippen LogP contribution in [0.2, 0.25) is 0 Å². The first-order chi connectivity index (χ1) is 14.7. The molecule has 2 heterocycles. The van der Waals surface area contributed by atoms with Crippen LogP contribution >= 0.6 is 0 Å². The van der Waals surface area contributed by atoms with Gasteiger partial charge in [0.25, 0.3) is 10.0 Å². The number of likely N-dealkylation sites (tertiary alicyclic amines) is 1. The van der Waals surface area contributed by atoms with E-state index in [1.807, 2.05) is 19.1 Å². The fourth-order valence-electron chi connectivity index (χ4n) is 4.63. The first-order valence-corrected chi connectivity index (χ1v) is 11.9. The van der Waals surface area contributed by atoms with Crippen molar-refractivity contribution in [3.05, 3.63) is 65.3 Å². The van der Waals surface area contributed by atoms with Gasteiger partial charge in [0.15, 0.2) is 11.5 Å². The Labute approximate surface area is 182 Å². The molecule has 0 unspecified atom stereocenters. The van der Waals surface area contributed by atoms with Gasteiger partial charge in [0.2, 0.25) is 0 Å². The maximum atomic E-state index is 13.8. The van der Waals surface area contributed by atoms with Crippen LogP contribution in [-0.4, -0.2) is 43.2 Å². The van der Waals surface area contributed by atoms with Crippen LogP contribution in [0.3, 0.4) is 0 Å². The van der Waals surface area contributed by atoms with Crippen molar-refractivity contribution < 1.29 is 22.7 Å². The standard InChI is InChI=1S/C23H27FN2O4S/c1-3-30-22-13-18(7-8-21(22)27)16-25-11-9-23(15-17(25)2)10-12-31(28,29)26(23)20-6-4-5-19(24)14-20/h4-8,10,12-14,17,27H,3,9,11,15-16H2,1-2H3/t17-,23-/m0/s1. The lowest BCUT2D eigenvalue weighted by atomic mass is 9.83. The zero-order valence-electron chi connectivity index (χ0n) is 17.7. The van der Waals surface area contributed by atoms with E-state index in [-0.39, 0.29) is 11.8 Å². The highest BCUT2D eigenvalue weighted by molar-refractivity contribution is 7.96. The number of halogens is 1. The minimum atomic E-state index is -3.66. The van der Waals surface area contributed by atoms with Crippen LogP contribution in [0.1, 0.15) is 32.3 Å². The van der Waals surface area contributed by atoms with Crippen LogP contribution in [0.25, 0.3) is 0 Å². The van der Waals surface area contributed by atoms with E-state index in [0.717, 1.165) is 5.56 Å². The highest BCUT2D eigenvalue weighted by Crippen LogP contribution is 2.43. The Kier molecular flexibility index (Phi) is 5.70. The number of nitrogens with zero attached hydrogens (tertiary/aromatic N) is 2. The zero-order valence-corrected chi connectivity index (χ0v) is 18.5. The number of ether oxygens (including phenoxy) is 1. The lowest BCUT2D eigenvalue weighted by molar-refractivity contribution is 0.119. The molecule has 166 valence electrons. The molecule has 1 fully saturated rings. The summed E-state index contributed by atoms with van der Waals surface area (Å²) in [5, 5.41) is 11.2. The Bertz CT molecular complexity index is 1100. The van der Waals surface area contributed by atoms with E-state index >= 15 is 0 Å². The van der Waals surface area contributed by atoms with E-state index in [0.29, 0.717) is 44.0 Å². The molecule has 0 saturated carbocycles. The van der Waals surface area contributed by atoms with E-state index in [9.17, 15) is 17.9 Å². The van der Waals surface area contributed by atoms with Crippen molar-refractivity contribution in [3.8, 4) is 11.5 Å². The van der Waals surface area contributed by atoms with Crippen molar-refractivity contribution in [1.82, 2.24) is 4.90 Å². The molecule has 1 saturated heterocycles. The number of anilines is 1. The smallest absolute Gasteiger partial charge is 0.258 e. The second-order valence-corrected chi connectivity index (χ2v) is 9.87. The number of benzene rings is 2. The van der Waals surface area contributed by atoms with Crippen molar-refractivity contribution in [2.75, 3.05) is 17.5 Å². The minimum Gasteiger partial charge on any atom is -0.504 e. The van der Waals surface area contributed by atoms with Crippen molar-refractivity contribution >= 4 is 15.7 Å². The van der Waals surface area contributed by atoms with Gasteiger partial charge in [-0.15, -0.1) is 0 Å². The monoisotopic (exact) mass is 446 g/mol. The van der Waals surface area contributed by atoms with E-state index in [1.165, 1.54) is 27.9 Å². The summed E-state index contributed by atoms with van der Waals surface area (Å²) in [6.45, 7) is 5.75. The van der Waals surface area contributed by atoms with Gasteiger partial charge in [-0.25, -0.2) is 12.8 Å². The SMILES string of the molecule is CCOc1cc(CN2CC[C@]3(C=CS(=O)(=O)N3c3cccc(F)c3)C[C@@H]2C)ccc1O. The Morgan fingerprint density at radius 1 is 1.26 bits per heavy atom. The number of rotatable bonds is 5. The van der Waals surface area contributed by atoms with Crippen molar-refractivity contribution in [2.24, 2.45) is 0 Å². The van der Waals surface area contributed by atoms with Crippen LogP contribution in [0.4, 0.5) is 10.1 Å². The largest absolute Gasteiger partial charge is 0.504 e. The summed E-state index contributed by atoms with van der Waals surface area (Å²) < 4.78 is 46.4. The third kappa shape index (κ3) is 4.14. The fraction of sp³-hybridized carbons (Fsp3) is 0.391. The van der Waals surface area contributed by atoms with Gasteiger partial charge in [-0.1, -0.05) is 12.1 Å². The summed E-state index contributed by atoms with van der Waals surface area (Å²) in [6.07, 6.45) is 2.95. The summed E-state index contributed by atoms with van der Waals surface area (Å²) in [4.78, 5) is 2.29. The molecule has 1 spiro atoms. The second kappa shape index (κ2) is 8.16. The van der Waals surface area contributed by atoms with Gasteiger partial charge in [-0.2, -0.15) is 0 Å². The number of phenols is 1. The molecule has 2 aromatic rings. The lowest BCUT2D eigenvalue weighted by Crippen LogP contribution is -2.56. The highest BCUT2D eigenvalue weighted by atomic mass is 32.2. The normalized spacial score (nSPS) is 25.3. The quantitative estimate of drug-likeness (QED) is 0.751. The Hall–Kier alpha value is -2.58. The predicted octanol–water partition coefficient (Wildman–Crippen LogP) is 4.02. The van der Waals surface area contributed by atoms with Crippen LogP contribution < -0.4 is 9.04 Å². The van der Waals surface area contributed by atoms with Gasteiger partial charge in [-0.3, -0.25) is 9.21 Å². The van der Waals surface area contributed by atoms with E-state index < -0.39 is 21.4 Å². The van der Waals surface area contributed by atoms with Gasteiger partial charge < -0.3 is 9.84 Å². The maximum Gasteiger partial charge on any atom is 0.258 e. The van der Waals surface area contributed by atoms with Gasteiger partial charge in [0.05, 0.1) is 17.8 Å². The molecule has 0 aromatic heterocycles. The molecule has 8 heteroatoms. The van der Waals surface area contributed by atoms with Crippen LogP contribution in [0, 0.1) is 5.82 Å². The average Bonchev–Trinajstić information content (AvgIpc) is 2.97. The van der Waals surface area contributed by atoms with Crippen molar-refractivity contribution in [2.45, 2.75) is 44.8 Å². The van der Waals surface area contributed by atoms with Gasteiger partial charge >= 0.3 is 0 Å². The van der Waals surface area contributed by atoms with Gasteiger partial charge in [-0.05, 0) is 68.7 Å². The molecule has 1 N–H and O–H groups in total. The summed E-state index contributed by atoms with van der Waals surface area (Å²) >= 11 is 0. The molecule has 0 radical (unpaired) electrons. The summed E-state index contributed by atoms with van der Waals surface area (Å²) in [7, 11) is -3.66. The molecule has 2 aliphatic heterocycles. The molecule has 0 amide bonds. The summed E-state index contributed by atoms with van der Waals surface area (Å²) in [6, 6.07) is 11.2. The van der Waals surface area contributed by atoms with Gasteiger partial charge in [0, 0.05) is 24.5 Å². The molecule has 4 rings (SSSR count). The zero-order chi connectivity index (χ0) is 22.2. The first-order valence-electron chi connectivity index (χ1n) is 10.4. The third-order valence-corrected chi connectivity index (χ3v) is 7.63. The minimum absolute atomic E-state index is 0.0899. The molecular weight excluding hydrogens is 419 g/mol. The first kappa shape index (κ1) is 21.6. The van der Waals surface area contributed by atoms with Crippen LogP contribution in [-0.2, 0) is 16.6 Å². The summed E-state index contributed by atoms with van der Waals surface area (Å²) in [5.74, 6) is 0.115. The third-order valence-electron chi connectivity index (χ3n) is 6.07. The molecule has 2 atom stereocenters. The number of piperidine rings is 1. The van der Waals surface area contributed by atoms with E-state index in [1.54, 1.807) is 18.2 Å². The number of hydrogen-bond donors (Lipinski definition) is 1. The second-order valence-electron chi connectivity index (χ2n) is 8.20. The number of hydrogen-bond acceptors (Lipinski definition) is 5. The summed E-state index contributed by atoms with van der Waals surface area (Å²) in [5.41, 5.74) is 0.666. The van der Waals surface area contributed by atoms with E-state index in [2.05, 4.69) is 11.8 Å². The number of aromatic hydroxyl groups is 1. The van der Waals surface area contributed by atoms with Crippen LogP contribution in [0.5, 0.6) is 11.5 Å². The van der Waals surface area contributed by atoms with Crippen molar-refractivity contribution in [1.29, 1.82) is 0 Å². The number of sulfonamides is 1. The molecule has 0 aliphatic carbocycles. The Morgan fingerprint density at radius 3 is 2.77 bits per heavy atom. The lowest BCUT2D eigenvalue weighted by Gasteiger charge is -2.47. The molecular formula is C23H27FN2O4S. The Balaban J connectivity index is 1.55. The van der Waals surface area contributed by atoms with E-state index in [4.69, 9.17) is 4.74 Å². The molecule has 6 nitrogen and oxygen atoms in total. The maximum absolute atomic E-state index is 13.8. The van der Waals surface area contributed by atoms with Gasteiger partial charge in [0.1, 0.15) is 5.82 Å². The number of phenolic OH excluding ortho intramolecular Hbond substituents is 1.